The van der Waals surface area contributed by atoms with Crippen LogP contribution in [0.2, 0.25) is 0 Å². The van der Waals surface area contributed by atoms with E-state index in [1.165, 1.54) is 40.6 Å². The minimum absolute atomic E-state index is 0.0175. The first-order valence-corrected chi connectivity index (χ1v) is 24.6. The summed E-state index contributed by atoms with van der Waals surface area (Å²) in [6.07, 6.45) is -1.42. The summed E-state index contributed by atoms with van der Waals surface area (Å²) in [7, 11) is 5.71. The van der Waals surface area contributed by atoms with Crippen LogP contribution in [-0.2, 0) is 9.47 Å². The van der Waals surface area contributed by atoms with E-state index in [1.54, 1.807) is 65.8 Å². The molecule has 0 spiro atoms. The molecule has 0 N–H and O–H groups in total. The minimum atomic E-state index is -0.787. The van der Waals surface area contributed by atoms with Crippen LogP contribution >= 0.6 is 0 Å². The number of carbonyl (C=O) groups excluding carboxylic acids is 4. The van der Waals surface area contributed by atoms with Crippen LogP contribution in [0.25, 0.3) is 0 Å². The summed E-state index contributed by atoms with van der Waals surface area (Å²) >= 11 is 0. The highest BCUT2D eigenvalue weighted by Crippen LogP contribution is 2.43. The fraction of sp³-hybridized carbons (Fsp3) is 0.188. The molecule has 0 heterocycles. The van der Waals surface area contributed by atoms with Crippen LogP contribution in [0.3, 0.4) is 0 Å². The Morgan fingerprint density at radius 2 is 0.649 bits per heavy atom. The van der Waals surface area contributed by atoms with Crippen molar-refractivity contribution in [1.29, 1.82) is 0 Å². The third-order valence-corrected chi connectivity index (χ3v) is 13.5. The summed E-state index contributed by atoms with van der Waals surface area (Å²) in [6.45, 7) is 10.4. The highest BCUT2D eigenvalue weighted by molar-refractivity contribution is 5.99. The highest BCUT2D eigenvalue weighted by Gasteiger charge is 2.32. The van der Waals surface area contributed by atoms with Gasteiger partial charge in [-0.2, -0.15) is 0 Å². The summed E-state index contributed by atoms with van der Waals surface area (Å²) in [6, 6.07) is 47.0. The largest absolute Gasteiger partial charge is 0.496 e. The molecule has 392 valence electrons. The SMILES string of the molecule is COc1ccc(Oc2ccc(OC)c(C(=O)Oc3c(C)c(C)c(C(=O)OC(c4ccccc4)c4ccccc4)c(OC)c3C)c2)cc1C(=O)Oc1c(C)c(C)c(C(=O)OC(c2ccccc2)c2ccccc2)c(OC)c1C. The average Bonchev–Trinajstić information content (AvgIpc) is 3.46. The van der Waals surface area contributed by atoms with Crippen molar-refractivity contribution in [1.82, 2.24) is 0 Å². The van der Waals surface area contributed by atoms with Crippen LogP contribution in [-0.4, -0.2) is 52.3 Å². The predicted molar refractivity (Wildman–Crippen MR) is 291 cm³/mol. The van der Waals surface area contributed by atoms with Crippen LogP contribution in [0.4, 0.5) is 0 Å². The lowest BCUT2D eigenvalue weighted by Gasteiger charge is -2.23. The van der Waals surface area contributed by atoms with E-state index in [0.717, 1.165) is 22.3 Å². The van der Waals surface area contributed by atoms with E-state index in [9.17, 15) is 19.2 Å². The van der Waals surface area contributed by atoms with E-state index >= 15 is 0 Å². The maximum Gasteiger partial charge on any atom is 0.347 e. The molecule has 0 aliphatic carbocycles. The molecule has 0 aliphatic rings. The van der Waals surface area contributed by atoms with Gasteiger partial charge < -0.3 is 42.6 Å². The van der Waals surface area contributed by atoms with E-state index in [2.05, 4.69) is 0 Å². The molecule has 0 amide bonds. The summed E-state index contributed by atoms with van der Waals surface area (Å²) in [5.41, 5.74) is 6.37. The highest BCUT2D eigenvalue weighted by atomic mass is 16.6. The van der Waals surface area contributed by atoms with E-state index < -0.39 is 36.1 Å². The zero-order valence-electron chi connectivity index (χ0n) is 44.5. The molecule has 0 aliphatic heterocycles. The van der Waals surface area contributed by atoms with Crippen molar-refractivity contribution < 1.29 is 61.8 Å². The smallest absolute Gasteiger partial charge is 0.347 e. The molecule has 0 saturated carbocycles. The molecule has 0 aromatic heterocycles. The molecule has 0 bridgehead atoms. The van der Waals surface area contributed by atoms with Gasteiger partial charge in [0.25, 0.3) is 0 Å². The molecule has 13 nitrogen and oxygen atoms in total. The third-order valence-electron chi connectivity index (χ3n) is 13.5. The van der Waals surface area contributed by atoms with Crippen molar-refractivity contribution in [3.05, 3.63) is 236 Å². The van der Waals surface area contributed by atoms with Crippen LogP contribution in [0.5, 0.6) is 46.0 Å². The van der Waals surface area contributed by atoms with Gasteiger partial charge in [-0.3, -0.25) is 0 Å². The first-order valence-electron chi connectivity index (χ1n) is 24.6. The molecule has 0 saturated heterocycles. The number of rotatable bonds is 18. The second-order valence-electron chi connectivity index (χ2n) is 18.0. The monoisotopic (exact) mass is 1030 g/mol. The Bertz CT molecular complexity index is 3160. The first kappa shape index (κ1) is 53.9. The van der Waals surface area contributed by atoms with E-state index in [-0.39, 0.29) is 68.2 Å². The fourth-order valence-corrected chi connectivity index (χ4v) is 9.26. The number of methoxy groups -OCH3 is 4. The molecule has 0 radical (unpaired) electrons. The van der Waals surface area contributed by atoms with Gasteiger partial charge in [0.2, 0.25) is 0 Å². The van der Waals surface area contributed by atoms with E-state index in [0.29, 0.717) is 33.4 Å². The standard InChI is InChI=1S/C64H58O13/c1-37-39(3)55(41(5)57(71-9)53(37)63(67)76-59(43-23-15-11-16-24-43)44-25-17-12-18-26-44)74-61(65)49-35-47(31-33-51(49)69-7)73-48-32-34-52(70-8)50(36-48)62(66)75-56-40(4)38(2)54(58(72-10)42(56)6)64(68)77-60(45-27-19-13-20-28-45)46-29-21-14-22-30-46/h11-36,59-60H,1-10H3. The number of hydrogen-bond donors (Lipinski definition) is 0. The quantitative estimate of drug-likeness (QED) is 0.0593. The lowest BCUT2D eigenvalue weighted by atomic mass is 9.96. The number of esters is 4. The normalized spacial score (nSPS) is 10.9. The van der Waals surface area contributed by atoms with Gasteiger partial charge in [0.15, 0.2) is 12.2 Å². The van der Waals surface area contributed by atoms with Gasteiger partial charge in [0.05, 0.1) is 28.4 Å². The molecule has 77 heavy (non-hydrogen) atoms. The van der Waals surface area contributed by atoms with Crippen LogP contribution in [0.1, 0.15) is 109 Å². The number of carbonyl (C=O) groups is 4. The second kappa shape index (κ2) is 23.9. The molecule has 13 heteroatoms. The van der Waals surface area contributed by atoms with Gasteiger partial charge in [-0.05, 0) is 122 Å². The van der Waals surface area contributed by atoms with E-state index in [4.69, 9.17) is 42.6 Å². The number of hydrogen-bond acceptors (Lipinski definition) is 13. The van der Waals surface area contributed by atoms with Crippen LogP contribution in [0.15, 0.2) is 158 Å². The maximum atomic E-state index is 14.2. The Hall–Kier alpha value is -9.36. The number of ether oxygens (including phenoxy) is 9. The molecule has 0 unspecified atom stereocenters. The van der Waals surface area contributed by atoms with E-state index in [1.807, 2.05) is 121 Å². The van der Waals surface area contributed by atoms with Gasteiger partial charge in [-0.15, -0.1) is 0 Å². The Balaban J connectivity index is 1.03. The van der Waals surface area contributed by atoms with Crippen molar-refractivity contribution in [2.45, 2.75) is 53.8 Å². The first-order chi connectivity index (χ1) is 37.2. The van der Waals surface area contributed by atoms with Crippen molar-refractivity contribution in [2.75, 3.05) is 28.4 Å². The minimum Gasteiger partial charge on any atom is -0.496 e. The van der Waals surface area contributed by atoms with Crippen LogP contribution in [0, 0.1) is 41.5 Å². The van der Waals surface area contributed by atoms with Crippen molar-refractivity contribution in [3.63, 3.8) is 0 Å². The lowest BCUT2D eigenvalue weighted by molar-refractivity contribution is 0.0364. The summed E-state index contributed by atoms with van der Waals surface area (Å²) in [4.78, 5) is 56.9. The molecule has 0 fully saturated rings. The Kier molecular flexibility index (Phi) is 16.7. The van der Waals surface area contributed by atoms with Crippen molar-refractivity contribution in [3.8, 4) is 46.0 Å². The molecule has 8 aromatic rings. The summed E-state index contributed by atoms with van der Waals surface area (Å²) < 4.78 is 53.9. The topological polar surface area (TPSA) is 151 Å². The zero-order chi connectivity index (χ0) is 54.9. The van der Waals surface area contributed by atoms with Gasteiger partial charge in [0, 0.05) is 11.1 Å². The maximum absolute atomic E-state index is 14.2. The fourth-order valence-electron chi connectivity index (χ4n) is 9.26. The summed E-state index contributed by atoms with van der Waals surface area (Å²) in [5.74, 6) is -1.29. The Morgan fingerprint density at radius 3 is 0.935 bits per heavy atom. The van der Waals surface area contributed by atoms with Gasteiger partial charge in [-0.1, -0.05) is 121 Å². The van der Waals surface area contributed by atoms with Gasteiger partial charge in [-0.25, -0.2) is 19.2 Å². The molecule has 8 aromatic carbocycles. The summed E-state index contributed by atoms with van der Waals surface area (Å²) in [5, 5.41) is 0. The van der Waals surface area contributed by atoms with Crippen molar-refractivity contribution >= 4 is 23.9 Å². The molecular weight excluding hydrogens is 977 g/mol. The predicted octanol–water partition coefficient (Wildman–Crippen LogP) is 13.7. The van der Waals surface area contributed by atoms with Gasteiger partial charge in [0.1, 0.15) is 68.2 Å². The lowest BCUT2D eigenvalue weighted by Crippen LogP contribution is -2.18. The molecular formula is C64H58O13. The van der Waals surface area contributed by atoms with Crippen LogP contribution < -0.4 is 33.2 Å². The third kappa shape index (κ3) is 11.3. The van der Waals surface area contributed by atoms with Crippen molar-refractivity contribution in [2.24, 2.45) is 0 Å². The van der Waals surface area contributed by atoms with Gasteiger partial charge >= 0.3 is 23.9 Å². The average molecular weight is 1040 g/mol. The Morgan fingerprint density at radius 1 is 0.338 bits per heavy atom. The Labute approximate surface area is 447 Å². The number of benzene rings is 8. The zero-order valence-corrected chi connectivity index (χ0v) is 44.5. The second-order valence-corrected chi connectivity index (χ2v) is 18.0. The molecule has 0 atom stereocenters. The molecule has 8 rings (SSSR count).